The third-order valence-electron chi connectivity index (χ3n) is 1.92. The van der Waals surface area contributed by atoms with Gasteiger partial charge in [0.2, 0.25) is 0 Å². The molecule has 0 amide bonds. The molecule has 1 aliphatic heterocycles. The van der Waals surface area contributed by atoms with E-state index in [2.05, 4.69) is 15.0 Å². The number of rotatable bonds is 3. The van der Waals surface area contributed by atoms with Crippen LogP contribution in [-0.4, -0.2) is 35.6 Å². The zero-order chi connectivity index (χ0) is 9.68. The van der Waals surface area contributed by atoms with Crippen molar-refractivity contribution in [3.8, 4) is 0 Å². The SMILES string of the molecule is CC1COOOOC1CC(O)CO. The lowest BCUT2D eigenvalue weighted by molar-refractivity contribution is -0.629. The molecule has 6 heteroatoms. The smallest absolute Gasteiger partial charge is 0.104 e. The predicted molar refractivity (Wildman–Crippen MR) is 39.9 cm³/mol. The first kappa shape index (κ1) is 10.8. The van der Waals surface area contributed by atoms with Gasteiger partial charge in [-0.05, 0) is 10.1 Å². The molecule has 1 saturated heterocycles. The number of aliphatic hydroxyl groups is 2. The van der Waals surface area contributed by atoms with Crippen molar-refractivity contribution in [2.24, 2.45) is 5.92 Å². The largest absolute Gasteiger partial charge is 0.394 e. The highest BCUT2D eigenvalue weighted by Gasteiger charge is 2.26. The molecule has 78 valence electrons. The van der Waals surface area contributed by atoms with Crippen LogP contribution < -0.4 is 0 Å². The summed E-state index contributed by atoms with van der Waals surface area (Å²) in [6.45, 7) is 1.89. The summed E-state index contributed by atoms with van der Waals surface area (Å²) >= 11 is 0. The summed E-state index contributed by atoms with van der Waals surface area (Å²) < 4.78 is 0. The van der Waals surface area contributed by atoms with Crippen molar-refractivity contribution in [2.45, 2.75) is 25.6 Å². The highest BCUT2D eigenvalue weighted by molar-refractivity contribution is 4.69. The minimum Gasteiger partial charge on any atom is -0.394 e. The Bertz CT molecular complexity index is 141. The Balaban J connectivity index is 2.35. The van der Waals surface area contributed by atoms with Crippen LogP contribution in [0, 0.1) is 5.92 Å². The highest BCUT2D eigenvalue weighted by Crippen LogP contribution is 2.17. The maximum Gasteiger partial charge on any atom is 0.104 e. The molecule has 1 heterocycles. The number of aliphatic hydroxyl groups excluding tert-OH is 2. The fraction of sp³-hybridized carbons (Fsp3) is 1.00. The molecule has 2 N–H and O–H groups in total. The first-order valence-electron chi connectivity index (χ1n) is 4.14. The summed E-state index contributed by atoms with van der Waals surface area (Å²) in [5.41, 5.74) is 0. The normalized spacial score (nSPS) is 32.5. The molecule has 0 aromatic carbocycles. The summed E-state index contributed by atoms with van der Waals surface area (Å²) in [6, 6.07) is 0. The second-order valence-corrected chi connectivity index (χ2v) is 3.10. The van der Waals surface area contributed by atoms with Crippen LogP contribution in [0.25, 0.3) is 0 Å². The van der Waals surface area contributed by atoms with Crippen LogP contribution in [0.15, 0.2) is 0 Å². The molecule has 1 fully saturated rings. The average molecular weight is 194 g/mol. The van der Waals surface area contributed by atoms with Gasteiger partial charge in [0.15, 0.2) is 0 Å². The molecule has 0 spiro atoms. The standard InChI is InChI=1S/C7H14O6/c1-5-4-10-12-13-11-7(5)2-6(9)3-8/h5-9H,2-4H2,1H3. The summed E-state index contributed by atoms with van der Waals surface area (Å²) in [7, 11) is 0. The number of hydrogen-bond acceptors (Lipinski definition) is 6. The first-order valence-corrected chi connectivity index (χ1v) is 4.14. The maximum atomic E-state index is 9.15. The van der Waals surface area contributed by atoms with Crippen LogP contribution in [0.2, 0.25) is 0 Å². The topological polar surface area (TPSA) is 77.4 Å². The van der Waals surface area contributed by atoms with Crippen molar-refractivity contribution < 1.29 is 30.1 Å². The van der Waals surface area contributed by atoms with Crippen molar-refractivity contribution in [1.82, 2.24) is 0 Å². The lowest BCUT2D eigenvalue weighted by Crippen LogP contribution is -2.29. The quantitative estimate of drug-likeness (QED) is 0.593. The predicted octanol–water partition coefficient (Wildman–Crippen LogP) is -0.441. The van der Waals surface area contributed by atoms with E-state index in [4.69, 9.17) is 15.1 Å². The third-order valence-corrected chi connectivity index (χ3v) is 1.92. The van der Waals surface area contributed by atoms with Gasteiger partial charge in [0.25, 0.3) is 0 Å². The third kappa shape index (κ3) is 3.55. The molecule has 1 aliphatic rings. The van der Waals surface area contributed by atoms with E-state index in [0.717, 1.165) is 0 Å². The Labute approximate surface area is 75.8 Å². The lowest BCUT2D eigenvalue weighted by Gasteiger charge is -2.19. The molecular formula is C7H14O6. The van der Waals surface area contributed by atoms with Gasteiger partial charge in [-0.2, -0.15) is 0 Å². The maximum absolute atomic E-state index is 9.15. The van der Waals surface area contributed by atoms with Gasteiger partial charge < -0.3 is 10.2 Å². The van der Waals surface area contributed by atoms with E-state index in [1.165, 1.54) is 0 Å². The van der Waals surface area contributed by atoms with Gasteiger partial charge in [0.05, 0.1) is 19.3 Å². The minimum absolute atomic E-state index is 0.0312. The van der Waals surface area contributed by atoms with Crippen LogP contribution >= 0.6 is 0 Å². The molecular weight excluding hydrogens is 180 g/mol. The van der Waals surface area contributed by atoms with Crippen molar-refractivity contribution in [3.63, 3.8) is 0 Å². The van der Waals surface area contributed by atoms with Gasteiger partial charge in [-0.15, -0.1) is 0 Å². The van der Waals surface area contributed by atoms with Gasteiger partial charge in [-0.1, -0.05) is 6.92 Å². The molecule has 3 atom stereocenters. The van der Waals surface area contributed by atoms with Gasteiger partial charge in [0, 0.05) is 12.3 Å². The van der Waals surface area contributed by atoms with E-state index in [1.54, 1.807) is 0 Å². The molecule has 3 unspecified atom stereocenters. The zero-order valence-corrected chi connectivity index (χ0v) is 7.38. The Hall–Kier alpha value is -0.240. The summed E-state index contributed by atoms with van der Waals surface area (Å²) in [4.78, 5) is 9.33. The lowest BCUT2D eigenvalue weighted by atomic mass is 10.0. The monoisotopic (exact) mass is 194 g/mol. The van der Waals surface area contributed by atoms with Crippen LogP contribution in [0.5, 0.6) is 0 Å². The molecule has 0 radical (unpaired) electrons. The summed E-state index contributed by atoms with van der Waals surface area (Å²) in [6.07, 6.45) is -0.872. The fourth-order valence-electron chi connectivity index (χ4n) is 1.04. The van der Waals surface area contributed by atoms with Crippen LogP contribution in [0.3, 0.4) is 0 Å². The first-order chi connectivity index (χ1) is 6.24. The summed E-state index contributed by atoms with van der Waals surface area (Å²) in [5, 5.41) is 26.1. The minimum atomic E-state index is -0.811. The molecule has 0 bridgehead atoms. The van der Waals surface area contributed by atoms with E-state index >= 15 is 0 Å². The molecule has 6 nitrogen and oxygen atoms in total. The van der Waals surface area contributed by atoms with Crippen molar-refractivity contribution in [1.29, 1.82) is 0 Å². The summed E-state index contributed by atoms with van der Waals surface area (Å²) in [5.74, 6) is 0.0312. The molecule has 0 saturated carbocycles. The average Bonchev–Trinajstić information content (AvgIpc) is 2.32. The molecule has 1 rings (SSSR count). The highest BCUT2D eigenvalue weighted by atomic mass is 17.7. The Morgan fingerprint density at radius 2 is 2.23 bits per heavy atom. The van der Waals surface area contributed by atoms with Gasteiger partial charge in [0.1, 0.15) is 6.10 Å². The molecule has 0 aliphatic carbocycles. The zero-order valence-electron chi connectivity index (χ0n) is 7.38. The van der Waals surface area contributed by atoms with E-state index in [-0.39, 0.29) is 25.0 Å². The molecule has 0 aromatic heterocycles. The van der Waals surface area contributed by atoms with E-state index in [1.807, 2.05) is 6.92 Å². The van der Waals surface area contributed by atoms with Crippen molar-refractivity contribution in [2.75, 3.05) is 13.2 Å². The van der Waals surface area contributed by atoms with Gasteiger partial charge in [-0.3, -0.25) is 0 Å². The van der Waals surface area contributed by atoms with Crippen molar-refractivity contribution in [3.05, 3.63) is 0 Å². The molecule has 0 aromatic rings. The fourth-order valence-corrected chi connectivity index (χ4v) is 1.04. The van der Waals surface area contributed by atoms with E-state index in [0.29, 0.717) is 6.61 Å². The van der Waals surface area contributed by atoms with E-state index in [9.17, 15) is 0 Å². The van der Waals surface area contributed by atoms with Crippen molar-refractivity contribution >= 4 is 0 Å². The second-order valence-electron chi connectivity index (χ2n) is 3.10. The Morgan fingerprint density at radius 3 is 2.92 bits per heavy atom. The number of hydrogen-bond donors (Lipinski definition) is 2. The second kappa shape index (κ2) is 5.48. The Morgan fingerprint density at radius 1 is 1.46 bits per heavy atom. The molecule has 13 heavy (non-hydrogen) atoms. The van der Waals surface area contributed by atoms with Crippen LogP contribution in [0.4, 0.5) is 0 Å². The Kier molecular flexibility index (Phi) is 4.57. The van der Waals surface area contributed by atoms with E-state index < -0.39 is 6.10 Å². The van der Waals surface area contributed by atoms with Gasteiger partial charge >= 0.3 is 0 Å². The van der Waals surface area contributed by atoms with Crippen LogP contribution in [-0.2, 0) is 19.9 Å². The van der Waals surface area contributed by atoms with Gasteiger partial charge in [-0.25, -0.2) is 9.78 Å². The van der Waals surface area contributed by atoms with Crippen LogP contribution in [0.1, 0.15) is 13.3 Å².